The molecule has 0 unspecified atom stereocenters. The van der Waals surface area contributed by atoms with Crippen molar-refractivity contribution >= 4 is 11.8 Å². The van der Waals surface area contributed by atoms with Gasteiger partial charge in [0, 0.05) is 16.3 Å². The molecule has 2 heteroatoms. The van der Waals surface area contributed by atoms with Gasteiger partial charge in [0.1, 0.15) is 0 Å². The molecule has 0 spiro atoms. The van der Waals surface area contributed by atoms with Gasteiger partial charge in [0.25, 0.3) is 0 Å². The summed E-state index contributed by atoms with van der Waals surface area (Å²) in [6.07, 6.45) is 0. The molecule has 0 radical (unpaired) electrons. The van der Waals surface area contributed by atoms with E-state index in [1.165, 1.54) is 26.5 Å². The Hall–Kier alpha value is -1.25. The second-order valence-electron chi connectivity index (χ2n) is 6.03. The Morgan fingerprint density at radius 2 is 1.62 bits per heavy atom. The number of hydrogen-bond acceptors (Lipinski definition) is 2. The van der Waals surface area contributed by atoms with Crippen LogP contribution in [0.2, 0.25) is 0 Å². The van der Waals surface area contributed by atoms with Crippen LogP contribution in [0.25, 0.3) is 0 Å². The van der Waals surface area contributed by atoms with Gasteiger partial charge in [-0.1, -0.05) is 49.4 Å². The summed E-state index contributed by atoms with van der Waals surface area (Å²) in [4.78, 5) is 2.61. The van der Waals surface area contributed by atoms with Crippen LogP contribution in [0.3, 0.4) is 0 Å². The average molecular weight is 299 g/mol. The number of nitrogens with one attached hydrogen (secondary N) is 1. The molecule has 2 aromatic carbocycles. The third-order valence-electron chi connectivity index (χ3n) is 3.44. The lowest BCUT2D eigenvalue weighted by Gasteiger charge is -2.11. The molecule has 0 bridgehead atoms. The lowest BCUT2D eigenvalue weighted by molar-refractivity contribution is 0.551. The summed E-state index contributed by atoms with van der Waals surface area (Å²) in [5.74, 6) is 0.696. The van der Waals surface area contributed by atoms with Crippen molar-refractivity contribution in [3.8, 4) is 0 Å². The van der Waals surface area contributed by atoms with Gasteiger partial charge < -0.3 is 5.32 Å². The van der Waals surface area contributed by atoms with Gasteiger partial charge in [0.2, 0.25) is 0 Å². The van der Waals surface area contributed by atoms with Gasteiger partial charge >= 0.3 is 0 Å². The van der Waals surface area contributed by atoms with E-state index < -0.39 is 0 Å². The first-order valence-electron chi connectivity index (χ1n) is 7.59. The molecule has 2 rings (SSSR count). The molecule has 0 aliphatic rings. The van der Waals surface area contributed by atoms with Crippen LogP contribution < -0.4 is 5.32 Å². The van der Waals surface area contributed by atoms with E-state index in [0.29, 0.717) is 5.92 Å². The highest BCUT2D eigenvalue weighted by atomic mass is 32.2. The van der Waals surface area contributed by atoms with E-state index in [9.17, 15) is 0 Å². The molecule has 0 aromatic heterocycles. The fourth-order valence-electron chi connectivity index (χ4n) is 2.17. The fourth-order valence-corrected chi connectivity index (χ4v) is 3.08. The monoisotopic (exact) mass is 299 g/mol. The zero-order valence-electron chi connectivity index (χ0n) is 13.4. The number of hydrogen-bond donors (Lipinski definition) is 1. The van der Waals surface area contributed by atoms with Crippen molar-refractivity contribution in [1.82, 2.24) is 5.32 Å². The third kappa shape index (κ3) is 5.22. The molecular formula is C19H25NS. The smallest absolute Gasteiger partial charge is 0.0208 e. The van der Waals surface area contributed by atoms with E-state index >= 15 is 0 Å². The first-order valence-corrected chi connectivity index (χ1v) is 8.41. The molecule has 0 aliphatic carbocycles. The standard InChI is InChI=1S/C19H25NS/c1-14(2)12-20-13-17-7-10-19(11-16(17)4)21-18-8-5-15(3)6-9-18/h5-11,14,20H,12-13H2,1-4H3. The van der Waals surface area contributed by atoms with E-state index in [0.717, 1.165) is 13.1 Å². The maximum Gasteiger partial charge on any atom is 0.0208 e. The molecule has 21 heavy (non-hydrogen) atoms. The highest BCUT2D eigenvalue weighted by molar-refractivity contribution is 7.99. The topological polar surface area (TPSA) is 12.0 Å². The molecule has 0 saturated heterocycles. The van der Waals surface area contributed by atoms with Crippen LogP contribution in [0, 0.1) is 19.8 Å². The number of rotatable bonds is 6. The highest BCUT2D eigenvalue weighted by Gasteiger charge is 2.03. The first kappa shape index (κ1) is 16.1. The predicted octanol–water partition coefficient (Wildman–Crippen LogP) is 5.20. The molecule has 2 aromatic rings. The normalized spacial score (nSPS) is 11.1. The quantitative estimate of drug-likeness (QED) is 0.786. The second kappa shape index (κ2) is 7.67. The Labute approximate surface area is 133 Å². The van der Waals surface area contributed by atoms with Crippen molar-refractivity contribution in [1.29, 1.82) is 0 Å². The van der Waals surface area contributed by atoms with Gasteiger partial charge in [-0.15, -0.1) is 0 Å². The molecule has 0 aliphatic heterocycles. The molecule has 1 nitrogen and oxygen atoms in total. The number of aryl methyl sites for hydroxylation is 2. The summed E-state index contributed by atoms with van der Waals surface area (Å²) in [6.45, 7) is 10.8. The van der Waals surface area contributed by atoms with Crippen LogP contribution in [0.5, 0.6) is 0 Å². The fraction of sp³-hybridized carbons (Fsp3) is 0.368. The Morgan fingerprint density at radius 3 is 2.24 bits per heavy atom. The van der Waals surface area contributed by atoms with E-state index in [2.05, 4.69) is 75.5 Å². The molecular weight excluding hydrogens is 274 g/mol. The minimum Gasteiger partial charge on any atom is -0.312 e. The minimum absolute atomic E-state index is 0.696. The van der Waals surface area contributed by atoms with Gasteiger partial charge in [-0.2, -0.15) is 0 Å². The molecule has 0 atom stereocenters. The molecule has 1 N–H and O–H groups in total. The summed E-state index contributed by atoms with van der Waals surface area (Å²) in [6, 6.07) is 15.5. The zero-order valence-corrected chi connectivity index (χ0v) is 14.3. The van der Waals surface area contributed by atoms with Gasteiger partial charge in [-0.3, -0.25) is 0 Å². The van der Waals surface area contributed by atoms with E-state index in [-0.39, 0.29) is 0 Å². The number of benzene rings is 2. The summed E-state index contributed by atoms with van der Waals surface area (Å²) >= 11 is 1.83. The van der Waals surface area contributed by atoms with Crippen LogP contribution >= 0.6 is 11.8 Å². The summed E-state index contributed by atoms with van der Waals surface area (Å²) in [5.41, 5.74) is 4.06. The lowest BCUT2D eigenvalue weighted by Crippen LogP contribution is -2.19. The highest BCUT2D eigenvalue weighted by Crippen LogP contribution is 2.29. The van der Waals surface area contributed by atoms with Crippen molar-refractivity contribution in [2.45, 2.75) is 44.0 Å². The van der Waals surface area contributed by atoms with Crippen LogP contribution in [0.4, 0.5) is 0 Å². The largest absolute Gasteiger partial charge is 0.312 e. The second-order valence-corrected chi connectivity index (χ2v) is 7.18. The minimum atomic E-state index is 0.696. The van der Waals surface area contributed by atoms with Crippen LogP contribution in [-0.2, 0) is 6.54 Å². The molecule has 0 fully saturated rings. The van der Waals surface area contributed by atoms with Crippen LogP contribution in [-0.4, -0.2) is 6.54 Å². The van der Waals surface area contributed by atoms with Crippen LogP contribution in [0.15, 0.2) is 52.3 Å². The molecule has 0 heterocycles. The lowest BCUT2D eigenvalue weighted by atomic mass is 10.1. The average Bonchev–Trinajstić information content (AvgIpc) is 2.43. The van der Waals surface area contributed by atoms with E-state index in [4.69, 9.17) is 0 Å². The van der Waals surface area contributed by atoms with E-state index in [1.807, 2.05) is 11.8 Å². The van der Waals surface area contributed by atoms with Gasteiger partial charge in [-0.05, 0) is 61.7 Å². The van der Waals surface area contributed by atoms with Gasteiger partial charge in [-0.25, -0.2) is 0 Å². The molecule has 0 saturated carbocycles. The first-order chi connectivity index (χ1) is 10.0. The van der Waals surface area contributed by atoms with Crippen LogP contribution in [0.1, 0.15) is 30.5 Å². The Bertz CT molecular complexity index is 573. The molecule has 0 amide bonds. The maximum absolute atomic E-state index is 3.51. The zero-order chi connectivity index (χ0) is 15.2. The Kier molecular flexibility index (Phi) is 5.89. The van der Waals surface area contributed by atoms with E-state index in [1.54, 1.807) is 0 Å². The van der Waals surface area contributed by atoms with Gasteiger partial charge in [0.15, 0.2) is 0 Å². The van der Waals surface area contributed by atoms with Crippen molar-refractivity contribution in [3.05, 3.63) is 59.2 Å². The summed E-state index contributed by atoms with van der Waals surface area (Å²) in [5, 5.41) is 3.51. The van der Waals surface area contributed by atoms with Crippen molar-refractivity contribution in [2.24, 2.45) is 5.92 Å². The summed E-state index contributed by atoms with van der Waals surface area (Å²) in [7, 11) is 0. The molecule has 112 valence electrons. The van der Waals surface area contributed by atoms with Gasteiger partial charge in [0.05, 0.1) is 0 Å². The predicted molar refractivity (Wildman–Crippen MR) is 93.0 cm³/mol. The Balaban J connectivity index is 1.99. The van der Waals surface area contributed by atoms with Crippen molar-refractivity contribution < 1.29 is 0 Å². The van der Waals surface area contributed by atoms with Crippen molar-refractivity contribution in [2.75, 3.05) is 6.54 Å². The summed E-state index contributed by atoms with van der Waals surface area (Å²) < 4.78 is 0. The third-order valence-corrected chi connectivity index (χ3v) is 4.44. The SMILES string of the molecule is Cc1ccc(Sc2ccc(CNCC(C)C)c(C)c2)cc1. The van der Waals surface area contributed by atoms with Crippen molar-refractivity contribution in [3.63, 3.8) is 0 Å². The Morgan fingerprint density at radius 1 is 0.952 bits per heavy atom. The maximum atomic E-state index is 3.51.